The first kappa shape index (κ1) is 19.9. The van der Waals surface area contributed by atoms with Crippen molar-refractivity contribution in [2.45, 2.75) is 32.5 Å². The lowest BCUT2D eigenvalue weighted by Gasteiger charge is -2.26. The zero-order valence-electron chi connectivity index (χ0n) is 16.0. The monoisotopic (exact) mass is 405 g/mol. The van der Waals surface area contributed by atoms with Crippen LogP contribution in [0.15, 0.2) is 30.7 Å². The van der Waals surface area contributed by atoms with Crippen LogP contribution in [-0.2, 0) is 0 Å². The Hall–Kier alpha value is -2.87. The van der Waals surface area contributed by atoms with Gasteiger partial charge >= 0.3 is 0 Å². The molecule has 7 nitrogen and oxygen atoms in total. The van der Waals surface area contributed by atoms with E-state index in [-0.39, 0.29) is 5.56 Å². The highest BCUT2D eigenvalue weighted by atomic mass is 35.5. The van der Waals surface area contributed by atoms with Crippen LogP contribution in [0.5, 0.6) is 5.88 Å². The number of hydrogen-bond acceptors (Lipinski definition) is 5. The van der Waals surface area contributed by atoms with E-state index in [1.54, 1.807) is 29.8 Å². The molecule has 0 saturated heterocycles. The van der Waals surface area contributed by atoms with Crippen LogP contribution in [0.25, 0.3) is 16.6 Å². The Labute approximate surface area is 166 Å². The van der Waals surface area contributed by atoms with Crippen LogP contribution < -0.4 is 15.8 Å². The van der Waals surface area contributed by atoms with E-state index in [0.717, 1.165) is 5.56 Å². The van der Waals surface area contributed by atoms with Gasteiger partial charge in [0.2, 0.25) is 5.88 Å². The topological polar surface area (TPSA) is 94.5 Å². The zero-order chi connectivity index (χ0) is 20.6. The number of alkyl halides is 1. The SMILES string of the molecule is COc1ncc(Cl)cc1-c1cc2c(NC(C)C(C)(C)F)c(C(N)=O)cnn2c1. The van der Waals surface area contributed by atoms with Crippen molar-refractivity contribution in [3.8, 4) is 17.0 Å². The number of anilines is 1. The van der Waals surface area contributed by atoms with Gasteiger partial charge in [0.15, 0.2) is 0 Å². The fraction of sp³-hybridized carbons (Fsp3) is 0.316. The lowest BCUT2D eigenvalue weighted by atomic mass is 10.0. The summed E-state index contributed by atoms with van der Waals surface area (Å²) < 4.78 is 21.3. The van der Waals surface area contributed by atoms with Crippen LogP contribution in [0.1, 0.15) is 31.1 Å². The normalized spacial score (nSPS) is 12.8. The number of amides is 1. The maximum Gasteiger partial charge on any atom is 0.252 e. The van der Waals surface area contributed by atoms with Gasteiger partial charge in [0.1, 0.15) is 5.67 Å². The largest absolute Gasteiger partial charge is 0.481 e. The minimum absolute atomic E-state index is 0.171. The van der Waals surface area contributed by atoms with Crippen molar-refractivity contribution in [2.24, 2.45) is 5.73 Å². The average molecular weight is 406 g/mol. The van der Waals surface area contributed by atoms with Crippen molar-refractivity contribution < 1.29 is 13.9 Å². The molecule has 3 N–H and O–H groups in total. The highest BCUT2D eigenvalue weighted by molar-refractivity contribution is 6.30. The molecule has 9 heteroatoms. The van der Waals surface area contributed by atoms with Gasteiger partial charge in [-0.15, -0.1) is 0 Å². The fourth-order valence-electron chi connectivity index (χ4n) is 2.73. The standard InChI is InChI=1S/C19H21ClFN5O2/c1-10(19(2,3)21)25-16-14(17(22)27)8-24-26-9-11(5-15(16)26)13-6-12(20)7-23-18(13)28-4/h5-10,25H,1-4H3,(H2,22,27). The van der Waals surface area contributed by atoms with Gasteiger partial charge in [-0.3, -0.25) is 4.79 Å². The number of methoxy groups -OCH3 is 1. The third kappa shape index (κ3) is 3.73. The van der Waals surface area contributed by atoms with Crippen molar-refractivity contribution in [1.29, 1.82) is 0 Å². The molecule has 1 atom stereocenters. The molecule has 0 aliphatic rings. The molecule has 0 fully saturated rings. The third-order valence-corrected chi connectivity index (χ3v) is 4.82. The lowest BCUT2D eigenvalue weighted by molar-refractivity contribution is 0.1000. The lowest BCUT2D eigenvalue weighted by Crippen LogP contribution is -2.36. The number of carbonyl (C=O) groups excluding carboxylic acids is 1. The van der Waals surface area contributed by atoms with Crippen LogP contribution >= 0.6 is 11.6 Å². The zero-order valence-corrected chi connectivity index (χ0v) is 16.7. The number of carbonyl (C=O) groups is 1. The second kappa shape index (κ2) is 7.27. The van der Waals surface area contributed by atoms with Crippen molar-refractivity contribution in [2.75, 3.05) is 12.4 Å². The summed E-state index contributed by atoms with van der Waals surface area (Å²) in [5, 5.41) is 7.76. The molecule has 28 heavy (non-hydrogen) atoms. The molecule has 3 aromatic heterocycles. The molecule has 148 valence electrons. The number of fused-ring (bicyclic) bond motifs is 1. The smallest absolute Gasteiger partial charge is 0.252 e. The molecule has 3 heterocycles. The van der Waals surface area contributed by atoms with Gasteiger partial charge in [0, 0.05) is 23.5 Å². The summed E-state index contributed by atoms with van der Waals surface area (Å²) in [6, 6.07) is 2.92. The summed E-state index contributed by atoms with van der Waals surface area (Å²) in [4.78, 5) is 16.1. The summed E-state index contributed by atoms with van der Waals surface area (Å²) in [6.45, 7) is 4.60. The quantitative estimate of drug-likeness (QED) is 0.652. The Bertz CT molecular complexity index is 1040. The van der Waals surface area contributed by atoms with E-state index >= 15 is 0 Å². The van der Waals surface area contributed by atoms with Crippen LogP contribution in [0, 0.1) is 0 Å². The minimum atomic E-state index is -1.52. The molecule has 1 amide bonds. The first-order chi connectivity index (χ1) is 13.1. The first-order valence-corrected chi connectivity index (χ1v) is 8.96. The van der Waals surface area contributed by atoms with Gasteiger partial charge in [0.25, 0.3) is 5.91 Å². The molecule has 0 aliphatic heterocycles. The van der Waals surface area contributed by atoms with Crippen molar-refractivity contribution in [3.63, 3.8) is 0 Å². The van der Waals surface area contributed by atoms with E-state index in [1.807, 2.05) is 0 Å². The maximum atomic E-state index is 14.4. The highest BCUT2D eigenvalue weighted by Crippen LogP contribution is 2.34. The summed E-state index contributed by atoms with van der Waals surface area (Å²) in [6.07, 6.45) is 4.58. The predicted molar refractivity (Wildman–Crippen MR) is 107 cm³/mol. The predicted octanol–water partition coefficient (Wildman–Crippen LogP) is 3.71. The van der Waals surface area contributed by atoms with Crippen molar-refractivity contribution >= 4 is 28.7 Å². The van der Waals surface area contributed by atoms with Crippen molar-refractivity contribution in [3.05, 3.63) is 41.3 Å². The van der Waals surface area contributed by atoms with E-state index in [9.17, 15) is 9.18 Å². The van der Waals surface area contributed by atoms with Gasteiger partial charge in [-0.25, -0.2) is 13.9 Å². The Morgan fingerprint density at radius 2 is 2.11 bits per heavy atom. The average Bonchev–Trinajstić information content (AvgIpc) is 3.05. The third-order valence-electron chi connectivity index (χ3n) is 4.62. The number of aromatic nitrogens is 3. The van der Waals surface area contributed by atoms with E-state index < -0.39 is 17.6 Å². The number of nitrogens with two attached hydrogens (primary N) is 1. The Balaban J connectivity index is 2.20. The van der Waals surface area contributed by atoms with Crippen LogP contribution in [0.2, 0.25) is 5.02 Å². The summed E-state index contributed by atoms with van der Waals surface area (Å²) in [7, 11) is 1.51. The highest BCUT2D eigenvalue weighted by Gasteiger charge is 2.27. The summed E-state index contributed by atoms with van der Waals surface area (Å²) in [5.74, 6) is -0.269. The second-order valence-electron chi connectivity index (χ2n) is 7.00. The number of pyridine rings is 1. The molecule has 3 aromatic rings. The van der Waals surface area contributed by atoms with Crippen LogP contribution in [0.4, 0.5) is 10.1 Å². The molecule has 0 radical (unpaired) electrons. The molecule has 0 aliphatic carbocycles. The Kier molecular flexibility index (Phi) is 5.16. The van der Waals surface area contributed by atoms with E-state index in [4.69, 9.17) is 22.1 Å². The molecule has 1 unspecified atom stereocenters. The molecule has 3 rings (SSSR count). The van der Waals surface area contributed by atoms with Gasteiger partial charge < -0.3 is 15.8 Å². The summed E-state index contributed by atoms with van der Waals surface area (Å²) in [5.41, 5.74) is 6.49. The molecular formula is C19H21ClFN5O2. The number of halogens is 2. The Morgan fingerprint density at radius 3 is 2.71 bits per heavy atom. The molecule has 0 bridgehead atoms. The molecule has 0 saturated carbocycles. The molecular weight excluding hydrogens is 385 g/mol. The van der Waals surface area contributed by atoms with Crippen LogP contribution in [-0.4, -0.2) is 39.3 Å². The molecule has 0 spiro atoms. The van der Waals surface area contributed by atoms with E-state index in [0.29, 0.717) is 27.7 Å². The number of hydrogen-bond donors (Lipinski definition) is 2. The number of ether oxygens (including phenoxy) is 1. The van der Waals surface area contributed by atoms with Gasteiger partial charge in [0.05, 0.1) is 41.1 Å². The van der Waals surface area contributed by atoms with E-state index in [2.05, 4.69) is 15.4 Å². The Morgan fingerprint density at radius 1 is 1.39 bits per heavy atom. The maximum absolute atomic E-state index is 14.4. The summed E-state index contributed by atoms with van der Waals surface area (Å²) >= 11 is 6.08. The number of primary amides is 1. The number of rotatable bonds is 6. The first-order valence-electron chi connectivity index (χ1n) is 8.58. The van der Waals surface area contributed by atoms with Crippen LogP contribution in [0.3, 0.4) is 0 Å². The minimum Gasteiger partial charge on any atom is -0.481 e. The van der Waals surface area contributed by atoms with Gasteiger partial charge in [-0.2, -0.15) is 5.10 Å². The van der Waals surface area contributed by atoms with Gasteiger partial charge in [-0.05, 0) is 32.9 Å². The second-order valence-corrected chi connectivity index (χ2v) is 7.43. The van der Waals surface area contributed by atoms with E-state index in [1.165, 1.54) is 33.4 Å². The number of nitrogens with one attached hydrogen (secondary N) is 1. The number of nitrogens with zero attached hydrogens (tertiary/aromatic N) is 3. The molecule has 0 aromatic carbocycles. The van der Waals surface area contributed by atoms with Crippen molar-refractivity contribution in [1.82, 2.24) is 14.6 Å². The van der Waals surface area contributed by atoms with Gasteiger partial charge in [-0.1, -0.05) is 11.6 Å². The fourth-order valence-corrected chi connectivity index (χ4v) is 2.88.